The van der Waals surface area contributed by atoms with Crippen LogP contribution < -0.4 is 0 Å². The molecule has 1 aliphatic heterocycles. The van der Waals surface area contributed by atoms with Crippen molar-refractivity contribution in [3.8, 4) is 5.75 Å². The maximum atomic E-state index is 13.4. The number of piperidine rings is 1. The number of benzene rings is 2. The van der Waals surface area contributed by atoms with Gasteiger partial charge in [-0.25, -0.2) is 0 Å². The second kappa shape index (κ2) is 9.65. The van der Waals surface area contributed by atoms with Gasteiger partial charge in [-0.3, -0.25) is 9.59 Å². The number of phenols is 1. The molecule has 1 amide bonds. The van der Waals surface area contributed by atoms with Crippen molar-refractivity contribution in [3.05, 3.63) is 65.7 Å². The molecule has 2 aliphatic carbocycles. The van der Waals surface area contributed by atoms with Crippen molar-refractivity contribution in [2.75, 3.05) is 26.7 Å². The van der Waals surface area contributed by atoms with E-state index in [2.05, 4.69) is 11.0 Å². The molecular weight excluding hydrogens is 440 g/mol. The fraction of sp³-hybridized carbons (Fsp3) is 0.517. The van der Waals surface area contributed by atoms with Crippen molar-refractivity contribution >= 4 is 11.9 Å². The number of hydrogen-bond donors (Lipinski definition) is 1. The third-order valence-corrected chi connectivity index (χ3v) is 8.43. The highest BCUT2D eigenvalue weighted by Gasteiger charge is 2.54. The van der Waals surface area contributed by atoms with E-state index in [1.807, 2.05) is 54.4 Å². The van der Waals surface area contributed by atoms with Crippen LogP contribution in [0.2, 0.25) is 0 Å². The Morgan fingerprint density at radius 1 is 1.14 bits per heavy atom. The third-order valence-electron chi connectivity index (χ3n) is 8.43. The largest absolute Gasteiger partial charge is 0.508 e. The molecule has 4 unspecified atom stereocenters. The molecule has 1 heterocycles. The number of phenolic OH excluding ortho intramolecular Hbond substituents is 1. The van der Waals surface area contributed by atoms with E-state index in [1.165, 1.54) is 19.8 Å². The highest BCUT2D eigenvalue weighted by molar-refractivity contribution is 5.94. The molecule has 1 N–H and O–H groups in total. The number of ether oxygens (including phenoxy) is 1. The van der Waals surface area contributed by atoms with E-state index in [1.54, 1.807) is 6.07 Å². The summed E-state index contributed by atoms with van der Waals surface area (Å²) in [6.07, 6.45) is 4.64. The molecule has 1 saturated heterocycles. The number of amides is 1. The number of rotatable bonds is 6. The summed E-state index contributed by atoms with van der Waals surface area (Å²) in [7, 11) is 1.86. The lowest BCUT2D eigenvalue weighted by molar-refractivity contribution is -0.158. The van der Waals surface area contributed by atoms with Gasteiger partial charge < -0.3 is 19.6 Å². The van der Waals surface area contributed by atoms with Crippen LogP contribution in [-0.2, 0) is 14.9 Å². The van der Waals surface area contributed by atoms with E-state index in [9.17, 15) is 14.7 Å². The molecule has 4 atom stereocenters. The van der Waals surface area contributed by atoms with Gasteiger partial charge in [-0.1, -0.05) is 30.3 Å². The molecule has 3 fully saturated rings. The fourth-order valence-corrected chi connectivity index (χ4v) is 6.46. The van der Waals surface area contributed by atoms with E-state index >= 15 is 0 Å². The fourth-order valence-electron chi connectivity index (χ4n) is 6.46. The molecule has 0 aromatic heterocycles. The number of carbonyl (C=O) groups excluding carboxylic acids is 2. The van der Waals surface area contributed by atoms with Gasteiger partial charge in [0.2, 0.25) is 0 Å². The van der Waals surface area contributed by atoms with Gasteiger partial charge in [0.15, 0.2) is 0 Å². The lowest BCUT2D eigenvalue weighted by atomic mass is 9.56. The lowest BCUT2D eigenvalue weighted by Crippen LogP contribution is -2.62. The van der Waals surface area contributed by atoms with Crippen LogP contribution in [0.4, 0.5) is 0 Å². The first-order valence-corrected chi connectivity index (χ1v) is 12.9. The zero-order chi connectivity index (χ0) is 24.6. The van der Waals surface area contributed by atoms with E-state index in [0.717, 1.165) is 44.0 Å². The maximum Gasteiger partial charge on any atom is 0.302 e. The van der Waals surface area contributed by atoms with Crippen LogP contribution >= 0.6 is 0 Å². The van der Waals surface area contributed by atoms with E-state index in [0.29, 0.717) is 12.0 Å². The average molecular weight is 477 g/mol. The normalized spacial score (nSPS) is 28.7. The Morgan fingerprint density at radius 2 is 1.91 bits per heavy atom. The van der Waals surface area contributed by atoms with Crippen molar-refractivity contribution < 1.29 is 19.4 Å². The van der Waals surface area contributed by atoms with Gasteiger partial charge in [-0.2, -0.15) is 0 Å². The van der Waals surface area contributed by atoms with Crippen LogP contribution in [0.25, 0.3) is 0 Å². The molecule has 3 aliphatic rings. The molecule has 6 nitrogen and oxygen atoms in total. The molecular formula is C29H36N2O4. The van der Waals surface area contributed by atoms with Crippen molar-refractivity contribution in [3.63, 3.8) is 0 Å². The quantitative estimate of drug-likeness (QED) is 0.632. The lowest BCUT2D eigenvalue weighted by Gasteiger charge is -2.56. The molecule has 2 aromatic rings. The number of carbonyl (C=O) groups is 2. The van der Waals surface area contributed by atoms with Gasteiger partial charge in [-0.15, -0.1) is 0 Å². The predicted molar refractivity (Wildman–Crippen MR) is 134 cm³/mol. The first-order chi connectivity index (χ1) is 16.9. The molecule has 0 radical (unpaired) electrons. The number of fused-ring (bicyclic) bond motifs is 1. The first kappa shape index (κ1) is 23.9. The number of aromatic hydroxyl groups is 1. The van der Waals surface area contributed by atoms with Crippen LogP contribution in [0.15, 0.2) is 54.6 Å². The standard InChI is InChI=1S/C29H36N2O4/c1-20(32)35-27-16-24(30(2)28(34)22-7-4-3-5-8-22)17-29(23-9-6-10-25(33)15-23)13-14-31(19-26(27)29)18-21-11-12-21/h3-10,15,21,24,26-27,33H,11-14,16-19H2,1-2H3. The van der Waals surface area contributed by atoms with Crippen LogP contribution in [0.3, 0.4) is 0 Å². The SMILES string of the molecule is CC(=O)OC1CC(N(C)C(=O)c2ccccc2)CC2(c3cccc(O)c3)CCN(CC3CC3)CC12. The van der Waals surface area contributed by atoms with Crippen molar-refractivity contribution in [1.82, 2.24) is 9.80 Å². The molecule has 2 saturated carbocycles. The summed E-state index contributed by atoms with van der Waals surface area (Å²) < 4.78 is 6.01. The second-order valence-corrected chi connectivity index (χ2v) is 10.8. The molecule has 0 bridgehead atoms. The predicted octanol–water partition coefficient (Wildman–Crippen LogP) is 4.23. The van der Waals surface area contributed by atoms with E-state index < -0.39 is 0 Å². The monoisotopic (exact) mass is 476 g/mol. The van der Waals surface area contributed by atoms with Gasteiger partial charge in [0.25, 0.3) is 5.91 Å². The van der Waals surface area contributed by atoms with Gasteiger partial charge >= 0.3 is 5.97 Å². The summed E-state index contributed by atoms with van der Waals surface area (Å²) in [6.45, 7) is 4.42. The number of esters is 1. The topological polar surface area (TPSA) is 70.1 Å². The summed E-state index contributed by atoms with van der Waals surface area (Å²) in [5.41, 5.74) is 1.45. The summed E-state index contributed by atoms with van der Waals surface area (Å²) in [6, 6.07) is 16.8. The van der Waals surface area contributed by atoms with Crippen molar-refractivity contribution in [2.45, 2.75) is 56.6 Å². The van der Waals surface area contributed by atoms with E-state index in [-0.39, 0.29) is 41.1 Å². The summed E-state index contributed by atoms with van der Waals surface area (Å²) in [5, 5.41) is 10.4. The highest BCUT2D eigenvalue weighted by atomic mass is 16.5. The second-order valence-electron chi connectivity index (χ2n) is 10.8. The van der Waals surface area contributed by atoms with Gasteiger partial charge in [-0.05, 0) is 68.0 Å². The number of hydrogen-bond acceptors (Lipinski definition) is 5. The third kappa shape index (κ3) is 4.94. The van der Waals surface area contributed by atoms with Crippen LogP contribution in [-0.4, -0.2) is 65.6 Å². The first-order valence-electron chi connectivity index (χ1n) is 12.9. The minimum absolute atomic E-state index is 0.0205. The zero-order valence-corrected chi connectivity index (χ0v) is 20.7. The van der Waals surface area contributed by atoms with Crippen LogP contribution in [0, 0.1) is 11.8 Å². The van der Waals surface area contributed by atoms with Gasteiger partial charge in [0.05, 0.1) is 0 Å². The van der Waals surface area contributed by atoms with E-state index in [4.69, 9.17) is 4.74 Å². The van der Waals surface area contributed by atoms with Gasteiger partial charge in [0, 0.05) is 56.4 Å². The molecule has 186 valence electrons. The Kier molecular flexibility index (Phi) is 6.58. The summed E-state index contributed by atoms with van der Waals surface area (Å²) in [5.74, 6) is 0.846. The number of likely N-dealkylation sites (tertiary alicyclic amines) is 1. The Hall–Kier alpha value is -2.86. The minimum Gasteiger partial charge on any atom is -0.508 e. The summed E-state index contributed by atoms with van der Waals surface area (Å²) >= 11 is 0. The molecule has 0 spiro atoms. The molecule has 6 heteroatoms. The smallest absolute Gasteiger partial charge is 0.302 e. The highest BCUT2D eigenvalue weighted by Crippen LogP contribution is 2.52. The molecule has 5 rings (SSSR count). The van der Waals surface area contributed by atoms with Crippen LogP contribution in [0.5, 0.6) is 5.75 Å². The average Bonchev–Trinajstić information content (AvgIpc) is 3.67. The Morgan fingerprint density at radius 3 is 2.60 bits per heavy atom. The van der Waals surface area contributed by atoms with Crippen molar-refractivity contribution in [1.29, 1.82) is 0 Å². The van der Waals surface area contributed by atoms with Gasteiger partial charge in [0.1, 0.15) is 11.9 Å². The Balaban J connectivity index is 1.51. The summed E-state index contributed by atoms with van der Waals surface area (Å²) in [4.78, 5) is 30.0. The zero-order valence-electron chi connectivity index (χ0n) is 20.7. The van der Waals surface area contributed by atoms with Crippen molar-refractivity contribution in [2.24, 2.45) is 11.8 Å². The molecule has 2 aromatic carbocycles. The Bertz CT molecular complexity index is 1070. The maximum absolute atomic E-state index is 13.4. The molecule has 35 heavy (non-hydrogen) atoms. The minimum atomic E-state index is -0.290. The Labute approximate surface area is 207 Å². The number of nitrogens with zero attached hydrogens (tertiary/aromatic N) is 2. The van der Waals surface area contributed by atoms with Crippen LogP contribution in [0.1, 0.15) is 54.9 Å².